The summed E-state index contributed by atoms with van der Waals surface area (Å²) in [6.07, 6.45) is 3.20. The monoisotopic (exact) mass is 218 g/mol. The Bertz CT molecular complexity index is 123. The van der Waals surface area contributed by atoms with Crippen LogP contribution in [0.4, 0.5) is 0 Å². The molecular formula is C9H15BrO. The van der Waals surface area contributed by atoms with Crippen LogP contribution in [0.2, 0.25) is 0 Å². The van der Waals surface area contributed by atoms with E-state index >= 15 is 0 Å². The van der Waals surface area contributed by atoms with Gasteiger partial charge in [-0.15, -0.1) is 11.8 Å². The van der Waals surface area contributed by atoms with Crippen LogP contribution in [0.5, 0.6) is 0 Å². The van der Waals surface area contributed by atoms with Crippen LogP contribution < -0.4 is 0 Å². The van der Waals surface area contributed by atoms with Gasteiger partial charge in [0.15, 0.2) is 0 Å². The van der Waals surface area contributed by atoms with Crippen molar-refractivity contribution < 1.29 is 4.74 Å². The van der Waals surface area contributed by atoms with Crippen molar-refractivity contribution in [3.05, 3.63) is 0 Å². The lowest BCUT2D eigenvalue weighted by molar-refractivity contribution is 0.137. The van der Waals surface area contributed by atoms with Gasteiger partial charge >= 0.3 is 0 Å². The number of hydrogen-bond acceptors (Lipinski definition) is 1. The molecule has 64 valence electrons. The summed E-state index contributed by atoms with van der Waals surface area (Å²) in [7, 11) is 0. The van der Waals surface area contributed by atoms with Crippen LogP contribution in [0, 0.1) is 11.8 Å². The van der Waals surface area contributed by atoms with Crippen molar-refractivity contribution in [2.45, 2.75) is 26.2 Å². The van der Waals surface area contributed by atoms with Gasteiger partial charge in [0.1, 0.15) is 0 Å². The highest BCUT2D eigenvalue weighted by atomic mass is 79.9. The third-order valence-corrected chi connectivity index (χ3v) is 1.78. The van der Waals surface area contributed by atoms with Gasteiger partial charge in [0.2, 0.25) is 0 Å². The predicted octanol–water partition coefficient (Wildman–Crippen LogP) is 2.59. The first-order valence-electron chi connectivity index (χ1n) is 3.95. The highest BCUT2D eigenvalue weighted by Crippen LogP contribution is 1.94. The molecule has 0 aliphatic rings. The van der Waals surface area contributed by atoms with Crippen molar-refractivity contribution in [2.75, 3.05) is 18.5 Å². The molecule has 1 nitrogen and oxygen atoms in total. The van der Waals surface area contributed by atoms with Crippen LogP contribution in [0.1, 0.15) is 26.2 Å². The molecule has 2 heteroatoms. The van der Waals surface area contributed by atoms with Gasteiger partial charge < -0.3 is 4.74 Å². The molecule has 0 amide bonds. The Labute approximate surface area is 77.6 Å². The van der Waals surface area contributed by atoms with Crippen molar-refractivity contribution in [1.29, 1.82) is 0 Å². The standard InChI is InChI=1S/C9H15BrO/c1-2-3-5-8-11-9-6-4-7-10/h4-9H2,1H3. The molecule has 0 fully saturated rings. The Kier molecular flexibility index (Phi) is 10.0. The lowest BCUT2D eigenvalue weighted by Gasteiger charge is -1.98. The van der Waals surface area contributed by atoms with Crippen LogP contribution in [0.15, 0.2) is 0 Å². The minimum atomic E-state index is 0.781. The lowest BCUT2D eigenvalue weighted by Crippen LogP contribution is -1.95. The summed E-state index contributed by atoms with van der Waals surface area (Å²) in [6.45, 7) is 3.50. The molecule has 0 aromatic carbocycles. The Morgan fingerprint density at radius 2 is 2.09 bits per heavy atom. The van der Waals surface area contributed by atoms with E-state index in [4.69, 9.17) is 4.74 Å². The molecule has 0 radical (unpaired) electrons. The Balaban J connectivity index is 2.83. The third kappa shape index (κ3) is 10.0. The molecule has 11 heavy (non-hydrogen) atoms. The maximum absolute atomic E-state index is 5.31. The maximum Gasteiger partial charge on any atom is 0.0575 e. The van der Waals surface area contributed by atoms with Gasteiger partial charge in [0.25, 0.3) is 0 Å². The minimum Gasteiger partial charge on any atom is -0.380 e. The fourth-order valence-electron chi connectivity index (χ4n) is 0.649. The van der Waals surface area contributed by atoms with E-state index in [1.54, 1.807) is 0 Å². The van der Waals surface area contributed by atoms with Gasteiger partial charge in [-0.25, -0.2) is 0 Å². The fourth-order valence-corrected chi connectivity index (χ4v) is 1.05. The molecule has 0 aliphatic carbocycles. The lowest BCUT2D eigenvalue weighted by atomic mass is 10.4. The molecule has 0 atom stereocenters. The van der Waals surface area contributed by atoms with Gasteiger partial charge in [-0.05, 0) is 19.8 Å². The van der Waals surface area contributed by atoms with E-state index in [-0.39, 0.29) is 0 Å². The predicted molar refractivity (Wildman–Crippen MR) is 51.9 cm³/mol. The van der Waals surface area contributed by atoms with Crippen LogP contribution in [-0.2, 0) is 4.74 Å². The van der Waals surface area contributed by atoms with Crippen molar-refractivity contribution in [1.82, 2.24) is 0 Å². The number of rotatable bonds is 6. The molecule has 0 saturated heterocycles. The molecule has 0 heterocycles. The summed E-state index contributed by atoms with van der Waals surface area (Å²) in [6, 6.07) is 0. The molecule has 0 saturated carbocycles. The van der Waals surface area contributed by atoms with Crippen LogP contribution >= 0.6 is 15.9 Å². The van der Waals surface area contributed by atoms with Gasteiger partial charge in [0.05, 0.1) is 6.61 Å². The van der Waals surface area contributed by atoms with Gasteiger partial charge in [-0.3, -0.25) is 0 Å². The molecule has 0 spiro atoms. The van der Waals surface area contributed by atoms with Crippen molar-refractivity contribution in [3.63, 3.8) is 0 Å². The summed E-state index contributed by atoms with van der Waals surface area (Å²) in [5.41, 5.74) is 0. The quantitative estimate of drug-likeness (QED) is 0.379. The van der Waals surface area contributed by atoms with E-state index in [1.807, 2.05) is 6.92 Å². The molecule has 0 unspecified atom stereocenters. The molecule has 0 N–H and O–H groups in total. The Hall–Kier alpha value is 0. The largest absolute Gasteiger partial charge is 0.380 e. The second-order valence-corrected chi connectivity index (χ2v) is 2.98. The summed E-state index contributed by atoms with van der Waals surface area (Å²) in [4.78, 5) is 0. The van der Waals surface area contributed by atoms with E-state index < -0.39 is 0 Å². The maximum atomic E-state index is 5.31. The number of halogens is 1. The summed E-state index contributed by atoms with van der Waals surface area (Å²) >= 11 is 3.37. The van der Waals surface area contributed by atoms with Gasteiger partial charge in [-0.1, -0.05) is 15.9 Å². The molecular weight excluding hydrogens is 204 g/mol. The molecule has 0 aromatic heterocycles. The smallest absolute Gasteiger partial charge is 0.0575 e. The molecule has 0 aliphatic heterocycles. The van der Waals surface area contributed by atoms with Gasteiger partial charge in [0, 0.05) is 18.4 Å². The van der Waals surface area contributed by atoms with E-state index in [2.05, 4.69) is 27.8 Å². The molecule has 0 bridgehead atoms. The highest BCUT2D eigenvalue weighted by Gasteiger charge is 1.86. The van der Waals surface area contributed by atoms with E-state index in [1.165, 1.54) is 6.42 Å². The van der Waals surface area contributed by atoms with E-state index in [9.17, 15) is 0 Å². The number of ether oxygens (including phenoxy) is 1. The molecule has 0 aromatic rings. The zero-order valence-electron chi connectivity index (χ0n) is 7.03. The minimum absolute atomic E-state index is 0.781. The van der Waals surface area contributed by atoms with E-state index in [0.29, 0.717) is 0 Å². The first-order valence-corrected chi connectivity index (χ1v) is 5.07. The second-order valence-electron chi connectivity index (χ2n) is 2.19. The average molecular weight is 219 g/mol. The summed E-state index contributed by atoms with van der Waals surface area (Å²) < 4.78 is 5.31. The Morgan fingerprint density at radius 3 is 2.73 bits per heavy atom. The number of alkyl halides is 1. The summed E-state index contributed by atoms with van der Waals surface area (Å²) in [5.74, 6) is 5.79. The average Bonchev–Trinajstić information content (AvgIpc) is 2.03. The van der Waals surface area contributed by atoms with Crippen LogP contribution in [-0.4, -0.2) is 18.5 Å². The second kappa shape index (κ2) is 10.0. The first kappa shape index (κ1) is 11.0. The topological polar surface area (TPSA) is 9.23 Å². The Morgan fingerprint density at radius 1 is 1.27 bits per heavy atom. The van der Waals surface area contributed by atoms with Crippen LogP contribution in [0.25, 0.3) is 0 Å². The molecule has 0 rings (SSSR count). The van der Waals surface area contributed by atoms with Gasteiger partial charge in [-0.2, -0.15) is 0 Å². The number of hydrogen-bond donors (Lipinski definition) is 0. The number of unbranched alkanes of at least 4 members (excludes halogenated alkanes) is 1. The SMILES string of the molecule is CC#CCCOCCCCBr. The normalized spacial score (nSPS) is 8.91. The first-order chi connectivity index (χ1) is 5.41. The zero-order chi connectivity index (χ0) is 8.36. The highest BCUT2D eigenvalue weighted by molar-refractivity contribution is 9.09. The van der Waals surface area contributed by atoms with Crippen molar-refractivity contribution in [2.24, 2.45) is 0 Å². The zero-order valence-corrected chi connectivity index (χ0v) is 8.61. The van der Waals surface area contributed by atoms with E-state index in [0.717, 1.165) is 31.4 Å². The van der Waals surface area contributed by atoms with Crippen molar-refractivity contribution in [3.8, 4) is 11.8 Å². The third-order valence-electron chi connectivity index (χ3n) is 1.22. The van der Waals surface area contributed by atoms with Crippen LogP contribution in [0.3, 0.4) is 0 Å². The fraction of sp³-hybridized carbons (Fsp3) is 0.778. The van der Waals surface area contributed by atoms with Crippen molar-refractivity contribution >= 4 is 15.9 Å². The summed E-state index contributed by atoms with van der Waals surface area (Å²) in [5, 5.41) is 1.07.